The minimum atomic E-state index is -2.98. The van der Waals surface area contributed by atoms with Gasteiger partial charge in [-0.25, -0.2) is 13.6 Å². The summed E-state index contributed by atoms with van der Waals surface area (Å²) in [5.74, 6) is -1.10. The molecular weight excluding hydrogens is 222 g/mol. The topological polar surface area (TPSA) is 85.2 Å². The Hall–Kier alpha value is -1.76. The van der Waals surface area contributed by atoms with Crippen LogP contribution in [0.4, 0.5) is 8.78 Å². The van der Waals surface area contributed by atoms with Crippen LogP contribution < -0.4 is 11.2 Å². The largest absolute Gasteiger partial charge is 0.465 e. The number of nitrogens with one attached hydrogen (secondary N) is 1. The van der Waals surface area contributed by atoms with E-state index in [4.69, 9.17) is 5.73 Å². The zero-order chi connectivity index (χ0) is 12.3. The summed E-state index contributed by atoms with van der Waals surface area (Å²) in [7, 11) is 1.01. The van der Waals surface area contributed by atoms with Crippen LogP contribution in [0.5, 0.6) is 0 Å². The van der Waals surface area contributed by atoms with Crippen molar-refractivity contribution in [2.24, 2.45) is 5.73 Å². The second kappa shape index (κ2) is 4.84. The molecule has 0 spiro atoms. The Bertz CT molecular complexity index is 457. The van der Waals surface area contributed by atoms with Gasteiger partial charge in [-0.15, -0.1) is 0 Å². The predicted molar refractivity (Wildman–Crippen MR) is 51.3 cm³/mol. The van der Waals surface area contributed by atoms with Gasteiger partial charge in [0.15, 0.2) is 5.43 Å². The number of methoxy groups -OCH3 is 1. The van der Waals surface area contributed by atoms with Crippen molar-refractivity contribution in [2.45, 2.75) is 13.0 Å². The third-order valence-corrected chi connectivity index (χ3v) is 1.94. The monoisotopic (exact) mass is 232 g/mol. The van der Waals surface area contributed by atoms with Crippen molar-refractivity contribution in [3.63, 3.8) is 0 Å². The highest BCUT2D eigenvalue weighted by atomic mass is 19.3. The van der Waals surface area contributed by atoms with Gasteiger partial charge in [-0.05, 0) is 0 Å². The minimum Gasteiger partial charge on any atom is -0.465 e. The molecule has 1 heterocycles. The lowest BCUT2D eigenvalue weighted by atomic mass is 10.1. The van der Waals surface area contributed by atoms with Crippen LogP contribution in [0.2, 0.25) is 0 Å². The maximum atomic E-state index is 12.6. The summed E-state index contributed by atoms with van der Waals surface area (Å²) in [4.78, 5) is 24.8. The maximum Gasteiger partial charge on any atom is 0.343 e. The molecule has 0 saturated heterocycles. The molecule has 0 saturated carbocycles. The van der Waals surface area contributed by atoms with E-state index >= 15 is 0 Å². The Balaban J connectivity index is 3.46. The Labute approximate surface area is 89.2 Å². The third-order valence-electron chi connectivity index (χ3n) is 1.94. The van der Waals surface area contributed by atoms with Gasteiger partial charge in [0.2, 0.25) is 0 Å². The van der Waals surface area contributed by atoms with Crippen LogP contribution in [-0.2, 0) is 11.3 Å². The number of rotatable bonds is 3. The molecule has 0 atom stereocenters. The van der Waals surface area contributed by atoms with E-state index in [9.17, 15) is 18.4 Å². The number of esters is 1. The van der Waals surface area contributed by atoms with Crippen molar-refractivity contribution in [2.75, 3.05) is 7.11 Å². The summed E-state index contributed by atoms with van der Waals surface area (Å²) >= 11 is 0. The fraction of sp³-hybridized carbons (Fsp3) is 0.333. The number of hydrogen-bond donors (Lipinski definition) is 2. The van der Waals surface area contributed by atoms with Crippen molar-refractivity contribution in [1.29, 1.82) is 0 Å². The number of nitrogens with two attached hydrogens (primary N) is 1. The lowest BCUT2D eigenvalue weighted by Crippen LogP contribution is -2.22. The smallest absolute Gasteiger partial charge is 0.343 e. The summed E-state index contributed by atoms with van der Waals surface area (Å²) < 4.78 is 29.5. The SMILES string of the molecule is COC(=O)c1c(C(F)F)[nH]c(CN)cc1=O. The highest BCUT2D eigenvalue weighted by Crippen LogP contribution is 2.19. The lowest BCUT2D eigenvalue weighted by molar-refractivity contribution is 0.0585. The summed E-state index contributed by atoms with van der Waals surface area (Å²) in [5, 5.41) is 0. The van der Waals surface area contributed by atoms with Crippen molar-refractivity contribution in [1.82, 2.24) is 4.98 Å². The molecular formula is C9H10F2N2O3. The average molecular weight is 232 g/mol. The number of aromatic nitrogens is 1. The van der Waals surface area contributed by atoms with Crippen molar-refractivity contribution in [3.8, 4) is 0 Å². The van der Waals surface area contributed by atoms with E-state index in [0.29, 0.717) is 0 Å². The Morgan fingerprint density at radius 1 is 1.62 bits per heavy atom. The highest BCUT2D eigenvalue weighted by molar-refractivity contribution is 5.90. The van der Waals surface area contributed by atoms with E-state index in [0.717, 1.165) is 13.2 Å². The van der Waals surface area contributed by atoms with E-state index in [1.807, 2.05) is 0 Å². The highest BCUT2D eigenvalue weighted by Gasteiger charge is 2.23. The van der Waals surface area contributed by atoms with E-state index in [2.05, 4.69) is 9.72 Å². The van der Waals surface area contributed by atoms with Crippen LogP contribution in [0.25, 0.3) is 0 Å². The first kappa shape index (κ1) is 12.3. The molecule has 0 unspecified atom stereocenters. The van der Waals surface area contributed by atoms with Crippen molar-refractivity contribution >= 4 is 5.97 Å². The number of aromatic amines is 1. The van der Waals surface area contributed by atoms with E-state index < -0.39 is 29.1 Å². The first-order chi connectivity index (χ1) is 7.51. The van der Waals surface area contributed by atoms with Gasteiger partial charge in [-0.2, -0.15) is 0 Å². The molecule has 0 bridgehead atoms. The molecule has 0 aliphatic carbocycles. The Morgan fingerprint density at radius 3 is 2.69 bits per heavy atom. The van der Waals surface area contributed by atoms with Gasteiger partial charge >= 0.3 is 5.97 Å². The second-order valence-electron chi connectivity index (χ2n) is 2.94. The fourth-order valence-corrected chi connectivity index (χ4v) is 1.22. The van der Waals surface area contributed by atoms with Gasteiger partial charge in [0.05, 0.1) is 7.11 Å². The maximum absolute atomic E-state index is 12.6. The average Bonchev–Trinajstić information content (AvgIpc) is 2.26. The van der Waals surface area contributed by atoms with Gasteiger partial charge in [-0.1, -0.05) is 0 Å². The van der Waals surface area contributed by atoms with Gasteiger partial charge < -0.3 is 15.5 Å². The first-order valence-corrected chi connectivity index (χ1v) is 4.33. The molecule has 1 rings (SSSR count). The normalized spacial score (nSPS) is 10.6. The van der Waals surface area contributed by atoms with E-state index in [-0.39, 0.29) is 12.2 Å². The molecule has 0 aromatic carbocycles. The molecule has 0 amide bonds. The van der Waals surface area contributed by atoms with Crippen LogP contribution in [0.15, 0.2) is 10.9 Å². The summed E-state index contributed by atoms with van der Waals surface area (Å²) in [6.45, 7) is -0.101. The molecule has 0 radical (unpaired) electrons. The van der Waals surface area contributed by atoms with Crippen molar-refractivity contribution < 1.29 is 18.3 Å². The van der Waals surface area contributed by atoms with Gasteiger partial charge in [-0.3, -0.25) is 4.79 Å². The summed E-state index contributed by atoms with van der Waals surface area (Å²) in [6, 6.07) is 0.998. The molecule has 0 aliphatic rings. The van der Waals surface area contributed by atoms with Crippen LogP contribution in [0, 0.1) is 0 Å². The third kappa shape index (κ3) is 2.25. The molecule has 0 fully saturated rings. The minimum absolute atomic E-state index is 0.101. The Morgan fingerprint density at radius 2 is 2.25 bits per heavy atom. The van der Waals surface area contributed by atoms with Crippen LogP contribution in [0.1, 0.15) is 28.2 Å². The standard InChI is InChI=1S/C9H10F2N2O3/c1-16-9(15)6-5(14)2-4(3-12)13-7(6)8(10)11/h2,8H,3,12H2,1H3,(H,13,14). The molecule has 3 N–H and O–H groups in total. The number of pyridine rings is 1. The number of carbonyl (C=O) groups excluding carboxylic acids is 1. The van der Waals surface area contributed by atoms with Crippen molar-refractivity contribution in [3.05, 3.63) is 33.2 Å². The molecule has 1 aromatic rings. The summed E-state index contributed by atoms with van der Waals surface area (Å²) in [5.41, 5.74) is 3.07. The van der Waals surface area contributed by atoms with Gasteiger partial charge in [0.25, 0.3) is 6.43 Å². The quantitative estimate of drug-likeness (QED) is 0.745. The lowest BCUT2D eigenvalue weighted by Gasteiger charge is -2.08. The molecule has 5 nitrogen and oxygen atoms in total. The molecule has 0 aliphatic heterocycles. The predicted octanol–water partition coefficient (Wildman–Crippen LogP) is 0.558. The number of carbonyl (C=O) groups is 1. The number of halogens is 2. The van der Waals surface area contributed by atoms with Gasteiger partial charge in [0, 0.05) is 18.3 Å². The van der Waals surface area contributed by atoms with Crippen LogP contribution in [0.3, 0.4) is 0 Å². The second-order valence-corrected chi connectivity index (χ2v) is 2.94. The van der Waals surface area contributed by atoms with Crippen LogP contribution >= 0.6 is 0 Å². The fourth-order valence-electron chi connectivity index (χ4n) is 1.22. The molecule has 88 valence electrons. The zero-order valence-electron chi connectivity index (χ0n) is 8.42. The molecule has 1 aromatic heterocycles. The number of H-pyrrole nitrogens is 1. The van der Waals surface area contributed by atoms with Gasteiger partial charge in [0.1, 0.15) is 11.3 Å². The molecule has 16 heavy (non-hydrogen) atoms. The number of hydrogen-bond acceptors (Lipinski definition) is 4. The number of alkyl halides is 2. The van der Waals surface area contributed by atoms with E-state index in [1.165, 1.54) is 0 Å². The Kier molecular flexibility index (Phi) is 3.73. The summed E-state index contributed by atoms with van der Waals surface area (Å²) in [6.07, 6.45) is -2.98. The van der Waals surface area contributed by atoms with E-state index in [1.54, 1.807) is 0 Å². The zero-order valence-corrected chi connectivity index (χ0v) is 8.42. The first-order valence-electron chi connectivity index (χ1n) is 4.33. The molecule has 7 heteroatoms. The van der Waals surface area contributed by atoms with Crippen LogP contribution in [-0.4, -0.2) is 18.1 Å². The number of ether oxygens (including phenoxy) is 1.